The van der Waals surface area contributed by atoms with Crippen LogP contribution in [0.4, 0.5) is 5.82 Å². The maximum absolute atomic E-state index is 4.30. The number of rotatable bonds is 5. The Balaban J connectivity index is 2.47. The van der Waals surface area contributed by atoms with Crippen LogP contribution in [0.2, 0.25) is 0 Å². The van der Waals surface area contributed by atoms with E-state index in [1.165, 1.54) is 5.56 Å². The van der Waals surface area contributed by atoms with E-state index < -0.39 is 0 Å². The highest BCUT2D eigenvalue weighted by atomic mass is 79.9. The number of pyridine rings is 1. The topological polar surface area (TPSA) is 24.9 Å². The lowest BCUT2D eigenvalue weighted by atomic mass is 10.3. The molecule has 0 aliphatic carbocycles. The third-order valence-electron chi connectivity index (χ3n) is 2.33. The van der Waals surface area contributed by atoms with Gasteiger partial charge in [0.15, 0.2) is 0 Å². The Labute approximate surface area is 104 Å². The number of halogens is 1. The molecule has 4 heteroatoms. The molecule has 1 N–H and O–H groups in total. The molecule has 1 aromatic rings. The highest BCUT2D eigenvalue weighted by Crippen LogP contribution is 2.23. The predicted molar refractivity (Wildman–Crippen MR) is 72.8 cm³/mol. The van der Waals surface area contributed by atoms with Gasteiger partial charge in [-0.15, -0.1) is 0 Å². The van der Waals surface area contributed by atoms with Gasteiger partial charge in [-0.25, -0.2) is 4.98 Å². The Morgan fingerprint density at radius 1 is 1.60 bits per heavy atom. The minimum Gasteiger partial charge on any atom is -0.369 e. The van der Waals surface area contributed by atoms with Gasteiger partial charge in [0.05, 0.1) is 4.47 Å². The SMILES string of the molecule is CSC(C)CCNc1nccc(C)c1Br. The van der Waals surface area contributed by atoms with Gasteiger partial charge in [0.1, 0.15) is 5.82 Å². The molecule has 1 rings (SSSR count). The molecular weight excluding hydrogens is 272 g/mol. The van der Waals surface area contributed by atoms with Gasteiger partial charge < -0.3 is 5.32 Å². The smallest absolute Gasteiger partial charge is 0.140 e. The molecule has 0 aliphatic rings. The normalized spacial score (nSPS) is 12.5. The van der Waals surface area contributed by atoms with Crippen LogP contribution in [0.25, 0.3) is 0 Å². The van der Waals surface area contributed by atoms with Crippen molar-refractivity contribution in [3.05, 3.63) is 22.3 Å². The molecule has 2 nitrogen and oxygen atoms in total. The van der Waals surface area contributed by atoms with Crippen LogP contribution >= 0.6 is 27.7 Å². The van der Waals surface area contributed by atoms with E-state index in [2.05, 4.69) is 46.3 Å². The van der Waals surface area contributed by atoms with Crippen LogP contribution in [-0.4, -0.2) is 23.0 Å². The maximum Gasteiger partial charge on any atom is 0.140 e. The molecule has 84 valence electrons. The third-order valence-corrected chi connectivity index (χ3v) is 4.37. The molecule has 1 heterocycles. The van der Waals surface area contributed by atoms with Crippen LogP contribution in [0.15, 0.2) is 16.7 Å². The number of thioether (sulfide) groups is 1. The van der Waals surface area contributed by atoms with E-state index in [9.17, 15) is 0 Å². The molecule has 1 atom stereocenters. The monoisotopic (exact) mass is 288 g/mol. The van der Waals surface area contributed by atoms with Crippen molar-refractivity contribution in [3.8, 4) is 0 Å². The molecule has 0 aromatic carbocycles. The van der Waals surface area contributed by atoms with Crippen molar-refractivity contribution in [1.82, 2.24) is 4.98 Å². The minimum atomic E-state index is 0.695. The van der Waals surface area contributed by atoms with Crippen molar-refractivity contribution in [2.24, 2.45) is 0 Å². The van der Waals surface area contributed by atoms with E-state index in [-0.39, 0.29) is 0 Å². The molecule has 0 aliphatic heterocycles. The number of hydrogen-bond donors (Lipinski definition) is 1. The van der Waals surface area contributed by atoms with E-state index in [0.29, 0.717) is 5.25 Å². The summed E-state index contributed by atoms with van der Waals surface area (Å²) in [6.07, 6.45) is 5.13. The number of nitrogens with one attached hydrogen (secondary N) is 1. The van der Waals surface area contributed by atoms with Gasteiger partial charge in [-0.3, -0.25) is 0 Å². The first-order chi connectivity index (χ1) is 7.15. The molecular formula is C11H17BrN2S. The maximum atomic E-state index is 4.30. The van der Waals surface area contributed by atoms with Crippen molar-refractivity contribution < 1.29 is 0 Å². The van der Waals surface area contributed by atoms with Crippen LogP contribution in [0.3, 0.4) is 0 Å². The summed E-state index contributed by atoms with van der Waals surface area (Å²) in [6, 6.07) is 2.00. The summed E-state index contributed by atoms with van der Waals surface area (Å²) in [5, 5.41) is 4.04. The second-order valence-electron chi connectivity index (χ2n) is 3.55. The number of aryl methyl sites for hydroxylation is 1. The first kappa shape index (κ1) is 12.8. The molecule has 0 amide bonds. The van der Waals surface area contributed by atoms with Crippen LogP contribution in [0.5, 0.6) is 0 Å². The van der Waals surface area contributed by atoms with Crippen molar-refractivity contribution in [2.45, 2.75) is 25.5 Å². The van der Waals surface area contributed by atoms with Gasteiger partial charge in [0.25, 0.3) is 0 Å². The molecule has 0 spiro atoms. The second kappa shape index (κ2) is 6.38. The van der Waals surface area contributed by atoms with Crippen LogP contribution < -0.4 is 5.32 Å². The zero-order valence-corrected chi connectivity index (χ0v) is 11.8. The van der Waals surface area contributed by atoms with Crippen molar-refractivity contribution in [2.75, 3.05) is 18.1 Å². The molecule has 0 radical (unpaired) electrons. The van der Waals surface area contributed by atoms with E-state index in [4.69, 9.17) is 0 Å². The zero-order chi connectivity index (χ0) is 11.3. The molecule has 0 saturated carbocycles. The number of hydrogen-bond acceptors (Lipinski definition) is 3. The summed E-state index contributed by atoms with van der Waals surface area (Å²) in [7, 11) is 0. The lowest BCUT2D eigenvalue weighted by Crippen LogP contribution is -2.09. The molecule has 1 aromatic heterocycles. The number of aromatic nitrogens is 1. The predicted octanol–water partition coefficient (Wildman–Crippen LogP) is 3.71. The Morgan fingerprint density at radius 3 is 3.00 bits per heavy atom. The second-order valence-corrected chi connectivity index (χ2v) is 5.62. The zero-order valence-electron chi connectivity index (χ0n) is 9.38. The summed E-state index contributed by atoms with van der Waals surface area (Å²) >= 11 is 5.43. The third kappa shape index (κ3) is 4.03. The van der Waals surface area contributed by atoms with Crippen LogP contribution in [0, 0.1) is 6.92 Å². The van der Waals surface area contributed by atoms with Gasteiger partial charge in [-0.1, -0.05) is 6.92 Å². The first-order valence-corrected chi connectivity index (χ1v) is 7.11. The Bertz CT molecular complexity index is 317. The fourth-order valence-electron chi connectivity index (χ4n) is 1.18. The quantitative estimate of drug-likeness (QED) is 0.894. The van der Waals surface area contributed by atoms with Crippen molar-refractivity contribution in [3.63, 3.8) is 0 Å². The van der Waals surface area contributed by atoms with E-state index in [1.54, 1.807) is 0 Å². The lowest BCUT2D eigenvalue weighted by Gasteiger charge is -2.11. The molecule has 15 heavy (non-hydrogen) atoms. The molecule has 0 saturated heterocycles. The van der Waals surface area contributed by atoms with Crippen molar-refractivity contribution >= 4 is 33.5 Å². The average Bonchev–Trinajstić information content (AvgIpc) is 2.24. The fraction of sp³-hybridized carbons (Fsp3) is 0.545. The lowest BCUT2D eigenvalue weighted by molar-refractivity contribution is 0.849. The number of anilines is 1. The van der Waals surface area contributed by atoms with Crippen LogP contribution in [0.1, 0.15) is 18.9 Å². The summed E-state index contributed by atoms with van der Waals surface area (Å²) in [4.78, 5) is 4.30. The summed E-state index contributed by atoms with van der Waals surface area (Å²) in [6.45, 7) is 5.28. The van der Waals surface area contributed by atoms with Gasteiger partial charge in [0.2, 0.25) is 0 Å². The van der Waals surface area contributed by atoms with Gasteiger partial charge in [0, 0.05) is 18.0 Å². The standard InChI is InChI=1S/C11H17BrN2S/c1-8-4-6-13-11(10(8)12)14-7-5-9(2)15-3/h4,6,9H,5,7H2,1-3H3,(H,13,14). The molecule has 0 bridgehead atoms. The van der Waals surface area contributed by atoms with Gasteiger partial charge in [-0.2, -0.15) is 11.8 Å². The van der Waals surface area contributed by atoms with Gasteiger partial charge in [-0.05, 0) is 47.2 Å². The molecule has 1 unspecified atom stereocenters. The summed E-state index contributed by atoms with van der Waals surface area (Å²) in [5.41, 5.74) is 1.21. The van der Waals surface area contributed by atoms with Gasteiger partial charge >= 0.3 is 0 Å². The average molecular weight is 289 g/mol. The highest BCUT2D eigenvalue weighted by molar-refractivity contribution is 9.10. The fourth-order valence-corrected chi connectivity index (χ4v) is 1.90. The van der Waals surface area contributed by atoms with E-state index in [0.717, 1.165) is 23.3 Å². The van der Waals surface area contributed by atoms with E-state index in [1.807, 2.05) is 24.0 Å². The van der Waals surface area contributed by atoms with Crippen molar-refractivity contribution in [1.29, 1.82) is 0 Å². The summed E-state index contributed by atoms with van der Waals surface area (Å²) < 4.78 is 1.07. The van der Waals surface area contributed by atoms with E-state index >= 15 is 0 Å². The number of nitrogens with zero attached hydrogens (tertiary/aromatic N) is 1. The van der Waals surface area contributed by atoms with Crippen LogP contribution in [-0.2, 0) is 0 Å². The highest BCUT2D eigenvalue weighted by Gasteiger charge is 2.04. The first-order valence-electron chi connectivity index (χ1n) is 5.03. The summed E-state index contributed by atoms with van der Waals surface area (Å²) in [5.74, 6) is 0.948. The molecule has 0 fully saturated rings. The Morgan fingerprint density at radius 2 is 2.33 bits per heavy atom. The Kier molecular flexibility index (Phi) is 5.47. The largest absolute Gasteiger partial charge is 0.369 e. The Hall–Kier alpha value is -0.220. The minimum absolute atomic E-state index is 0.695.